The molecule has 6 nitrogen and oxygen atoms in total. The van der Waals surface area contributed by atoms with E-state index in [1.807, 2.05) is 0 Å². The molecule has 2 aromatic rings. The Hall–Kier alpha value is -2.52. The van der Waals surface area contributed by atoms with Crippen molar-refractivity contribution in [2.45, 2.75) is 30.6 Å². The maximum Gasteiger partial charge on any atom is 0.255 e. The molecule has 9 heteroatoms. The van der Waals surface area contributed by atoms with Crippen molar-refractivity contribution >= 4 is 21.6 Å². The summed E-state index contributed by atoms with van der Waals surface area (Å²) in [4.78, 5) is 12.4. The van der Waals surface area contributed by atoms with E-state index in [0.29, 0.717) is 19.2 Å². The zero-order chi connectivity index (χ0) is 21.0. The zero-order valence-electron chi connectivity index (χ0n) is 16.0. The molecule has 1 amide bonds. The number of carbonyl (C=O) groups excluding carboxylic acids is 1. The molecule has 2 aromatic carbocycles. The maximum absolute atomic E-state index is 13.8. The summed E-state index contributed by atoms with van der Waals surface area (Å²) in [5.74, 6) is -2.29. The monoisotopic (exact) mass is 424 g/mol. The number of nitrogens with one attached hydrogen (secondary N) is 1. The fourth-order valence-corrected chi connectivity index (χ4v) is 4.92. The molecule has 1 aliphatic rings. The van der Waals surface area contributed by atoms with Crippen LogP contribution in [0.4, 0.5) is 14.5 Å². The number of rotatable bonds is 5. The van der Waals surface area contributed by atoms with Crippen molar-refractivity contribution in [3.05, 3.63) is 53.6 Å². The minimum absolute atomic E-state index is 0.0166. The third-order valence-electron chi connectivity index (χ3n) is 4.79. The van der Waals surface area contributed by atoms with Crippen LogP contribution in [0.1, 0.15) is 36.0 Å². The van der Waals surface area contributed by atoms with Crippen molar-refractivity contribution in [1.82, 2.24) is 4.31 Å². The van der Waals surface area contributed by atoms with Crippen LogP contribution in [0.2, 0.25) is 0 Å². The standard InChI is InChI=1S/C20H22F2N2O4S/c1-28-18-9-6-14(20(25)23-17-8-7-15(21)13-16(17)22)12-19(18)29(26,27)24-10-4-2-3-5-11-24/h6-9,12-13H,2-5,10-11H2,1H3,(H,23,25). The Morgan fingerprint density at radius 3 is 2.34 bits per heavy atom. The van der Waals surface area contributed by atoms with E-state index in [1.54, 1.807) is 0 Å². The highest BCUT2D eigenvalue weighted by atomic mass is 32.2. The molecule has 0 unspecified atom stereocenters. The van der Waals surface area contributed by atoms with Crippen LogP contribution in [0.5, 0.6) is 5.75 Å². The van der Waals surface area contributed by atoms with E-state index < -0.39 is 27.6 Å². The average molecular weight is 424 g/mol. The number of amides is 1. The Kier molecular flexibility index (Phi) is 6.49. The highest BCUT2D eigenvalue weighted by Gasteiger charge is 2.29. The van der Waals surface area contributed by atoms with Crippen LogP contribution in [0, 0.1) is 11.6 Å². The van der Waals surface area contributed by atoms with Gasteiger partial charge in [0, 0.05) is 24.7 Å². The van der Waals surface area contributed by atoms with E-state index >= 15 is 0 Å². The van der Waals surface area contributed by atoms with Gasteiger partial charge < -0.3 is 10.1 Å². The molecule has 29 heavy (non-hydrogen) atoms. The molecule has 1 N–H and O–H groups in total. The number of benzene rings is 2. The minimum Gasteiger partial charge on any atom is -0.495 e. The Morgan fingerprint density at radius 2 is 1.72 bits per heavy atom. The minimum atomic E-state index is -3.87. The molecule has 0 aromatic heterocycles. The molecule has 3 rings (SSSR count). The summed E-state index contributed by atoms with van der Waals surface area (Å²) >= 11 is 0. The van der Waals surface area contributed by atoms with Gasteiger partial charge in [-0.1, -0.05) is 12.8 Å². The second-order valence-corrected chi connectivity index (χ2v) is 8.67. The average Bonchev–Trinajstić information content (AvgIpc) is 2.99. The van der Waals surface area contributed by atoms with Crippen LogP contribution in [-0.4, -0.2) is 38.8 Å². The van der Waals surface area contributed by atoms with Gasteiger partial charge >= 0.3 is 0 Å². The van der Waals surface area contributed by atoms with E-state index in [4.69, 9.17) is 4.74 Å². The molecule has 0 spiro atoms. The van der Waals surface area contributed by atoms with Crippen molar-refractivity contribution in [2.24, 2.45) is 0 Å². The number of anilines is 1. The van der Waals surface area contributed by atoms with Crippen LogP contribution in [-0.2, 0) is 10.0 Å². The number of halogens is 2. The van der Waals surface area contributed by atoms with Gasteiger partial charge in [-0.05, 0) is 43.2 Å². The SMILES string of the molecule is COc1ccc(C(=O)Nc2ccc(F)cc2F)cc1S(=O)(=O)N1CCCCCC1. The first kappa shape index (κ1) is 21.2. The molecule has 0 saturated carbocycles. The second kappa shape index (κ2) is 8.87. The van der Waals surface area contributed by atoms with Crippen LogP contribution in [0.3, 0.4) is 0 Å². The highest BCUT2D eigenvalue weighted by molar-refractivity contribution is 7.89. The summed E-state index contributed by atoms with van der Waals surface area (Å²) in [6.45, 7) is 0.811. The number of methoxy groups -OCH3 is 1. The van der Waals surface area contributed by atoms with Gasteiger partial charge in [-0.25, -0.2) is 17.2 Å². The van der Waals surface area contributed by atoms with Gasteiger partial charge in [0.1, 0.15) is 22.3 Å². The van der Waals surface area contributed by atoms with E-state index in [2.05, 4.69) is 5.32 Å². The Morgan fingerprint density at radius 1 is 1.03 bits per heavy atom. The molecule has 0 atom stereocenters. The highest BCUT2D eigenvalue weighted by Crippen LogP contribution is 2.30. The van der Waals surface area contributed by atoms with Gasteiger partial charge in [0.05, 0.1) is 12.8 Å². The first-order valence-corrected chi connectivity index (χ1v) is 10.7. The van der Waals surface area contributed by atoms with Crippen LogP contribution in [0.15, 0.2) is 41.3 Å². The third kappa shape index (κ3) is 4.73. The lowest BCUT2D eigenvalue weighted by atomic mass is 10.2. The van der Waals surface area contributed by atoms with Gasteiger partial charge in [0.15, 0.2) is 0 Å². The lowest BCUT2D eigenvalue weighted by Gasteiger charge is -2.21. The van der Waals surface area contributed by atoms with E-state index in [9.17, 15) is 22.0 Å². The van der Waals surface area contributed by atoms with Gasteiger partial charge in [-0.2, -0.15) is 4.31 Å². The number of ether oxygens (including phenoxy) is 1. The lowest BCUT2D eigenvalue weighted by Crippen LogP contribution is -2.32. The summed E-state index contributed by atoms with van der Waals surface area (Å²) in [5.41, 5.74) is -0.188. The van der Waals surface area contributed by atoms with Crippen LogP contribution < -0.4 is 10.1 Å². The predicted molar refractivity (Wildman–Crippen MR) is 105 cm³/mol. The van der Waals surface area contributed by atoms with Crippen LogP contribution in [0.25, 0.3) is 0 Å². The van der Waals surface area contributed by atoms with Gasteiger partial charge in [-0.15, -0.1) is 0 Å². The summed E-state index contributed by atoms with van der Waals surface area (Å²) < 4.78 is 59.8. The smallest absolute Gasteiger partial charge is 0.255 e. The first-order chi connectivity index (χ1) is 13.8. The zero-order valence-corrected chi connectivity index (χ0v) is 16.8. The fourth-order valence-electron chi connectivity index (χ4n) is 3.23. The van der Waals surface area contributed by atoms with E-state index in [-0.39, 0.29) is 21.9 Å². The summed E-state index contributed by atoms with van der Waals surface area (Å²) in [7, 11) is -2.51. The van der Waals surface area contributed by atoms with Gasteiger partial charge in [-0.3, -0.25) is 4.79 Å². The molecule has 1 aliphatic heterocycles. The third-order valence-corrected chi connectivity index (χ3v) is 6.71. The molecule has 0 radical (unpaired) electrons. The number of hydrogen-bond acceptors (Lipinski definition) is 4. The lowest BCUT2D eigenvalue weighted by molar-refractivity contribution is 0.102. The summed E-state index contributed by atoms with van der Waals surface area (Å²) in [5, 5.41) is 2.33. The maximum atomic E-state index is 13.8. The topological polar surface area (TPSA) is 75.7 Å². The van der Waals surface area contributed by atoms with Crippen LogP contribution >= 0.6 is 0 Å². The molecule has 0 bridgehead atoms. The van der Waals surface area contributed by atoms with E-state index in [0.717, 1.165) is 37.8 Å². The Labute approximate surface area is 168 Å². The van der Waals surface area contributed by atoms with Crippen molar-refractivity contribution in [3.8, 4) is 5.75 Å². The van der Waals surface area contributed by atoms with Crippen molar-refractivity contribution < 1.29 is 26.7 Å². The molecule has 0 aliphatic carbocycles. The molecular formula is C20H22F2N2O4S. The van der Waals surface area contributed by atoms with E-state index in [1.165, 1.54) is 29.6 Å². The molecular weight excluding hydrogens is 402 g/mol. The molecule has 1 fully saturated rings. The second-order valence-electron chi connectivity index (χ2n) is 6.76. The number of hydrogen-bond donors (Lipinski definition) is 1. The molecule has 1 saturated heterocycles. The van der Waals surface area contributed by atoms with Gasteiger partial charge in [0.25, 0.3) is 5.91 Å². The molecule has 1 heterocycles. The Balaban J connectivity index is 1.92. The number of carbonyl (C=O) groups is 1. The van der Waals surface area contributed by atoms with Gasteiger partial charge in [0.2, 0.25) is 10.0 Å². The number of sulfonamides is 1. The first-order valence-electron chi connectivity index (χ1n) is 9.27. The summed E-state index contributed by atoms with van der Waals surface area (Å²) in [6, 6.07) is 6.76. The largest absolute Gasteiger partial charge is 0.495 e. The van der Waals surface area contributed by atoms with Crippen molar-refractivity contribution in [2.75, 3.05) is 25.5 Å². The Bertz CT molecular complexity index is 1000. The van der Waals surface area contributed by atoms with Crippen molar-refractivity contribution in [3.63, 3.8) is 0 Å². The fraction of sp³-hybridized carbons (Fsp3) is 0.350. The quantitative estimate of drug-likeness (QED) is 0.792. The molecule has 156 valence electrons. The normalized spacial score (nSPS) is 15.6. The number of nitrogens with zero attached hydrogens (tertiary/aromatic N) is 1. The van der Waals surface area contributed by atoms with Crippen molar-refractivity contribution in [1.29, 1.82) is 0 Å². The predicted octanol–water partition coefficient (Wildman–Crippen LogP) is 3.79. The summed E-state index contributed by atoms with van der Waals surface area (Å²) in [6.07, 6.45) is 3.47.